The SMILES string of the molecule is CC(C)[Si](c1c(-c2c(F)cccc2F)cccc1-c1c(F)cccc1F)C(C)C. The van der Waals surface area contributed by atoms with Crippen molar-refractivity contribution < 1.29 is 17.6 Å². The molecule has 0 aliphatic heterocycles. The predicted octanol–water partition coefficient (Wildman–Crippen LogP) is 7.10. The number of rotatable bonds is 5. The van der Waals surface area contributed by atoms with E-state index in [1.54, 1.807) is 18.2 Å². The minimum absolute atomic E-state index is 0.148. The monoisotopic (exact) mass is 415 g/mol. The Morgan fingerprint density at radius 1 is 0.552 bits per heavy atom. The van der Waals surface area contributed by atoms with Gasteiger partial charge in [-0.3, -0.25) is 0 Å². The average Bonchev–Trinajstić information content (AvgIpc) is 2.62. The number of halogens is 4. The summed E-state index contributed by atoms with van der Waals surface area (Å²) >= 11 is 0. The molecule has 0 saturated heterocycles. The Kier molecular flexibility index (Phi) is 6.27. The second-order valence-electron chi connectivity index (χ2n) is 7.69. The van der Waals surface area contributed by atoms with Crippen molar-refractivity contribution in [2.75, 3.05) is 0 Å². The van der Waals surface area contributed by atoms with Gasteiger partial charge in [-0.05, 0) is 51.7 Å². The van der Waals surface area contributed by atoms with Crippen LogP contribution in [0.3, 0.4) is 0 Å². The Morgan fingerprint density at radius 3 is 1.17 bits per heavy atom. The van der Waals surface area contributed by atoms with Crippen LogP contribution in [-0.4, -0.2) is 8.80 Å². The van der Waals surface area contributed by atoms with E-state index in [0.717, 1.165) is 0 Å². The van der Waals surface area contributed by atoms with E-state index in [1.807, 2.05) is 27.7 Å². The molecule has 0 heterocycles. The lowest BCUT2D eigenvalue weighted by Gasteiger charge is -2.29. The molecule has 0 aromatic heterocycles. The van der Waals surface area contributed by atoms with Gasteiger partial charge in [0.25, 0.3) is 0 Å². The van der Waals surface area contributed by atoms with Gasteiger partial charge in [-0.25, -0.2) is 17.6 Å². The van der Waals surface area contributed by atoms with Crippen molar-refractivity contribution in [3.8, 4) is 22.3 Å². The topological polar surface area (TPSA) is 0 Å². The summed E-state index contributed by atoms with van der Waals surface area (Å²) in [7, 11) is -1.44. The molecule has 0 bridgehead atoms. The average molecular weight is 416 g/mol. The van der Waals surface area contributed by atoms with E-state index in [0.29, 0.717) is 16.3 Å². The Bertz CT molecular complexity index is 909. The molecular formula is C24H23F4Si. The maximum absolute atomic E-state index is 14.7. The van der Waals surface area contributed by atoms with Crippen molar-refractivity contribution in [2.45, 2.75) is 38.8 Å². The third-order valence-corrected chi connectivity index (χ3v) is 8.67. The fraction of sp³-hybridized carbons (Fsp3) is 0.250. The highest BCUT2D eigenvalue weighted by atomic mass is 28.3. The van der Waals surface area contributed by atoms with Crippen LogP contribution >= 0.6 is 0 Å². The van der Waals surface area contributed by atoms with E-state index >= 15 is 0 Å². The quantitative estimate of drug-likeness (QED) is 0.308. The Morgan fingerprint density at radius 2 is 0.862 bits per heavy atom. The molecule has 0 atom stereocenters. The molecule has 0 aliphatic rings. The van der Waals surface area contributed by atoms with E-state index < -0.39 is 32.1 Å². The second-order valence-corrected chi connectivity index (χ2v) is 11.4. The minimum Gasteiger partial charge on any atom is -0.206 e. The predicted molar refractivity (Wildman–Crippen MR) is 113 cm³/mol. The standard InChI is InChI=1S/C24H23F4Si/c1-14(2)29(15(3)4)24-16(22-18(25)10-6-11-19(22)26)8-5-9-17(24)23-20(27)12-7-13-21(23)28/h5-15H,1-4H3. The normalized spacial score (nSPS) is 11.7. The molecule has 3 aromatic rings. The smallest absolute Gasteiger partial charge is 0.133 e. The van der Waals surface area contributed by atoms with Crippen molar-refractivity contribution in [1.82, 2.24) is 0 Å². The molecule has 0 aliphatic carbocycles. The second kappa shape index (κ2) is 8.53. The molecule has 3 rings (SSSR count). The first-order valence-corrected chi connectivity index (χ1v) is 11.3. The maximum Gasteiger partial charge on any atom is 0.133 e. The Hall–Kier alpha value is -2.40. The summed E-state index contributed by atoms with van der Waals surface area (Å²) < 4.78 is 58.8. The van der Waals surface area contributed by atoms with Crippen LogP contribution in [0.2, 0.25) is 11.1 Å². The number of hydrogen-bond donors (Lipinski definition) is 0. The summed E-state index contributed by atoms with van der Waals surface area (Å²) in [6, 6.07) is 12.3. The van der Waals surface area contributed by atoms with E-state index in [9.17, 15) is 17.6 Å². The summed E-state index contributed by atoms with van der Waals surface area (Å²) in [5.41, 5.74) is 0.818. The van der Waals surface area contributed by atoms with E-state index in [4.69, 9.17) is 0 Å². The number of benzene rings is 3. The molecule has 0 fully saturated rings. The molecule has 0 unspecified atom stereocenters. The highest BCUT2D eigenvalue weighted by Crippen LogP contribution is 2.35. The van der Waals surface area contributed by atoms with Gasteiger partial charge >= 0.3 is 0 Å². The summed E-state index contributed by atoms with van der Waals surface area (Å²) in [4.78, 5) is 0. The van der Waals surface area contributed by atoms with Gasteiger partial charge in [0.2, 0.25) is 0 Å². The molecule has 0 saturated carbocycles. The molecule has 3 aromatic carbocycles. The van der Waals surface area contributed by atoms with Gasteiger partial charge in [-0.2, -0.15) is 0 Å². The van der Waals surface area contributed by atoms with Gasteiger partial charge in [0, 0.05) is 0 Å². The maximum atomic E-state index is 14.7. The molecule has 0 amide bonds. The molecular weight excluding hydrogens is 392 g/mol. The first kappa shape index (κ1) is 21.3. The van der Waals surface area contributed by atoms with Crippen LogP contribution in [0, 0.1) is 23.3 Å². The lowest BCUT2D eigenvalue weighted by atomic mass is 9.97. The molecule has 0 N–H and O–H groups in total. The molecule has 29 heavy (non-hydrogen) atoms. The van der Waals surface area contributed by atoms with E-state index in [2.05, 4.69) is 0 Å². The Labute approximate surface area is 170 Å². The van der Waals surface area contributed by atoms with Gasteiger partial charge in [-0.1, -0.05) is 58.0 Å². The fourth-order valence-corrected chi connectivity index (χ4v) is 7.56. The molecule has 0 nitrogen and oxygen atoms in total. The van der Waals surface area contributed by atoms with Gasteiger partial charge in [0.15, 0.2) is 0 Å². The van der Waals surface area contributed by atoms with Crippen LogP contribution in [0.25, 0.3) is 22.3 Å². The zero-order chi connectivity index (χ0) is 21.3. The highest BCUT2D eigenvalue weighted by Gasteiger charge is 2.31. The zero-order valence-electron chi connectivity index (χ0n) is 16.9. The minimum atomic E-state index is -1.44. The largest absolute Gasteiger partial charge is 0.206 e. The fourth-order valence-electron chi connectivity index (χ4n) is 4.03. The van der Waals surface area contributed by atoms with Crippen LogP contribution < -0.4 is 5.19 Å². The molecule has 5 heteroatoms. The van der Waals surface area contributed by atoms with Gasteiger partial charge in [-0.15, -0.1) is 0 Å². The van der Waals surface area contributed by atoms with Crippen molar-refractivity contribution in [3.63, 3.8) is 0 Å². The third kappa shape index (κ3) is 4.01. The lowest BCUT2D eigenvalue weighted by Crippen LogP contribution is -2.39. The van der Waals surface area contributed by atoms with E-state index in [1.165, 1.54) is 36.4 Å². The van der Waals surface area contributed by atoms with Gasteiger partial charge in [0.05, 0.1) is 19.9 Å². The van der Waals surface area contributed by atoms with Crippen molar-refractivity contribution >= 4 is 14.0 Å². The van der Waals surface area contributed by atoms with Crippen molar-refractivity contribution in [3.05, 3.63) is 77.9 Å². The first-order chi connectivity index (χ1) is 13.7. The number of hydrogen-bond acceptors (Lipinski definition) is 0. The lowest BCUT2D eigenvalue weighted by molar-refractivity contribution is 0.589. The third-order valence-electron chi connectivity index (χ3n) is 5.06. The summed E-state index contributed by atoms with van der Waals surface area (Å²) in [6.07, 6.45) is 0. The summed E-state index contributed by atoms with van der Waals surface area (Å²) in [5.74, 6) is -2.75. The van der Waals surface area contributed by atoms with Crippen molar-refractivity contribution in [1.29, 1.82) is 0 Å². The van der Waals surface area contributed by atoms with E-state index in [-0.39, 0.29) is 22.2 Å². The highest BCUT2D eigenvalue weighted by molar-refractivity contribution is 6.78. The first-order valence-electron chi connectivity index (χ1n) is 9.62. The summed E-state index contributed by atoms with van der Waals surface area (Å²) in [5, 5.41) is 0.663. The van der Waals surface area contributed by atoms with Crippen LogP contribution in [0.15, 0.2) is 54.6 Å². The van der Waals surface area contributed by atoms with Crippen LogP contribution in [0.4, 0.5) is 17.6 Å². The summed E-state index contributed by atoms with van der Waals surface area (Å²) in [6.45, 7) is 8.18. The Balaban J connectivity index is 2.46. The van der Waals surface area contributed by atoms with Crippen LogP contribution in [-0.2, 0) is 0 Å². The molecule has 1 radical (unpaired) electrons. The van der Waals surface area contributed by atoms with Crippen LogP contribution in [0.1, 0.15) is 27.7 Å². The molecule has 0 spiro atoms. The van der Waals surface area contributed by atoms with Crippen molar-refractivity contribution in [2.24, 2.45) is 0 Å². The van der Waals surface area contributed by atoms with Crippen LogP contribution in [0.5, 0.6) is 0 Å². The zero-order valence-corrected chi connectivity index (χ0v) is 17.9. The molecule has 151 valence electrons. The van der Waals surface area contributed by atoms with Gasteiger partial charge in [0.1, 0.15) is 23.3 Å². The van der Waals surface area contributed by atoms with Gasteiger partial charge < -0.3 is 0 Å².